The molecule has 9 heteroatoms. The van der Waals surface area contributed by atoms with Crippen molar-refractivity contribution in [2.24, 2.45) is 0 Å². The predicted octanol–water partition coefficient (Wildman–Crippen LogP) is 6.14. The van der Waals surface area contributed by atoms with Crippen LogP contribution in [-0.4, -0.2) is 17.6 Å². The highest BCUT2D eigenvalue weighted by Gasteiger charge is 2.18. The van der Waals surface area contributed by atoms with Gasteiger partial charge in [0.25, 0.3) is 5.91 Å². The van der Waals surface area contributed by atoms with E-state index < -0.39 is 5.91 Å². The number of hydrogen-bond acceptors (Lipinski definition) is 5. The fraction of sp³-hybridized carbons (Fsp3) is 0.115. The van der Waals surface area contributed by atoms with E-state index in [1.807, 2.05) is 49.4 Å². The molecule has 0 unspecified atom stereocenters. The van der Waals surface area contributed by atoms with E-state index in [4.69, 9.17) is 23.2 Å². The van der Waals surface area contributed by atoms with E-state index in [9.17, 15) is 14.9 Å². The SMILES string of the molecule is Cc1ccc(NC(SCC(=O)NCc2ccc(Cl)cc2)=C(C#N)C(=O)Nc2ccc(Cl)cc2)cc1. The standard InChI is InChI=1S/C26H22Cl2N4O2S/c1-17-2-10-22(11-3-17)32-26(23(14-29)25(34)31-21-12-8-20(28)9-13-21)35-16-24(33)30-15-18-4-6-19(27)7-5-18/h2-13,32H,15-16H2,1H3,(H,30,33)(H,31,34). The average molecular weight is 525 g/mol. The Morgan fingerprint density at radius 3 is 2.00 bits per heavy atom. The number of aryl methyl sites for hydroxylation is 1. The largest absolute Gasteiger partial charge is 0.351 e. The topological polar surface area (TPSA) is 94.0 Å². The van der Waals surface area contributed by atoms with Gasteiger partial charge in [0, 0.05) is 28.0 Å². The molecule has 0 aliphatic heterocycles. The van der Waals surface area contributed by atoms with Crippen molar-refractivity contribution in [3.8, 4) is 6.07 Å². The number of thioether (sulfide) groups is 1. The van der Waals surface area contributed by atoms with Crippen LogP contribution in [-0.2, 0) is 16.1 Å². The highest BCUT2D eigenvalue weighted by Crippen LogP contribution is 2.24. The molecule has 0 aromatic heterocycles. The molecule has 0 aliphatic carbocycles. The van der Waals surface area contributed by atoms with Crippen LogP contribution in [0.1, 0.15) is 11.1 Å². The Kier molecular flexibility index (Phi) is 9.62. The molecule has 3 aromatic rings. The Bertz CT molecular complexity index is 1250. The van der Waals surface area contributed by atoms with E-state index in [1.54, 1.807) is 36.4 Å². The van der Waals surface area contributed by atoms with Gasteiger partial charge in [0.05, 0.1) is 10.8 Å². The number of nitrogens with one attached hydrogen (secondary N) is 3. The van der Waals surface area contributed by atoms with Gasteiger partial charge in [0.1, 0.15) is 11.6 Å². The number of rotatable bonds is 9. The molecule has 0 spiro atoms. The highest BCUT2D eigenvalue weighted by molar-refractivity contribution is 8.03. The van der Waals surface area contributed by atoms with Crippen molar-refractivity contribution in [1.82, 2.24) is 5.32 Å². The summed E-state index contributed by atoms with van der Waals surface area (Å²) in [6.45, 7) is 2.30. The van der Waals surface area contributed by atoms with Crippen molar-refractivity contribution in [3.05, 3.63) is 105 Å². The molecule has 0 aliphatic rings. The van der Waals surface area contributed by atoms with Crippen LogP contribution in [0.5, 0.6) is 0 Å². The molecule has 6 nitrogen and oxygen atoms in total. The summed E-state index contributed by atoms with van der Waals surface area (Å²) in [6.07, 6.45) is 0. The molecule has 3 rings (SSSR count). The fourth-order valence-corrected chi connectivity index (χ4v) is 3.96. The van der Waals surface area contributed by atoms with Gasteiger partial charge in [-0.15, -0.1) is 0 Å². The lowest BCUT2D eigenvalue weighted by Crippen LogP contribution is -2.25. The van der Waals surface area contributed by atoms with Crippen LogP contribution in [0.25, 0.3) is 0 Å². The Labute approximate surface area is 218 Å². The number of benzene rings is 3. The molecule has 0 bridgehead atoms. The summed E-state index contributed by atoms with van der Waals surface area (Å²) in [5.41, 5.74) is 3.01. The summed E-state index contributed by atoms with van der Waals surface area (Å²) in [6, 6.07) is 23.2. The van der Waals surface area contributed by atoms with Crippen LogP contribution in [0.2, 0.25) is 10.0 Å². The smallest absolute Gasteiger partial charge is 0.269 e. The van der Waals surface area contributed by atoms with Gasteiger partial charge in [-0.05, 0) is 61.0 Å². The Morgan fingerprint density at radius 1 is 0.857 bits per heavy atom. The van der Waals surface area contributed by atoms with Crippen molar-refractivity contribution < 1.29 is 9.59 Å². The van der Waals surface area contributed by atoms with E-state index in [1.165, 1.54) is 0 Å². The molecule has 0 saturated carbocycles. The molecule has 3 aromatic carbocycles. The molecule has 0 radical (unpaired) electrons. The number of anilines is 2. The third-order valence-electron chi connectivity index (χ3n) is 4.73. The van der Waals surface area contributed by atoms with Crippen LogP contribution in [0.4, 0.5) is 11.4 Å². The maximum absolute atomic E-state index is 12.9. The van der Waals surface area contributed by atoms with Crippen molar-refractivity contribution in [3.63, 3.8) is 0 Å². The van der Waals surface area contributed by atoms with Crippen molar-refractivity contribution in [1.29, 1.82) is 5.26 Å². The van der Waals surface area contributed by atoms with Gasteiger partial charge in [0.2, 0.25) is 5.91 Å². The second-order valence-electron chi connectivity index (χ2n) is 7.46. The van der Waals surface area contributed by atoms with Gasteiger partial charge < -0.3 is 16.0 Å². The third kappa shape index (κ3) is 8.37. The van der Waals surface area contributed by atoms with Crippen LogP contribution >= 0.6 is 35.0 Å². The average Bonchev–Trinajstić information content (AvgIpc) is 2.85. The molecule has 0 fully saturated rings. The number of amides is 2. The van der Waals surface area contributed by atoms with E-state index in [0.29, 0.717) is 28.0 Å². The summed E-state index contributed by atoms with van der Waals surface area (Å²) in [4.78, 5) is 25.4. The Hall–Kier alpha value is -3.44. The highest BCUT2D eigenvalue weighted by atomic mass is 35.5. The maximum atomic E-state index is 12.9. The predicted molar refractivity (Wildman–Crippen MR) is 143 cm³/mol. The van der Waals surface area contributed by atoms with Gasteiger partial charge in [-0.2, -0.15) is 5.26 Å². The molecule has 0 heterocycles. The number of nitrogens with zero attached hydrogens (tertiary/aromatic N) is 1. The Morgan fingerprint density at radius 2 is 1.40 bits per heavy atom. The first kappa shape index (κ1) is 26.2. The van der Waals surface area contributed by atoms with Crippen molar-refractivity contribution >= 4 is 58.2 Å². The summed E-state index contributed by atoms with van der Waals surface area (Å²) in [7, 11) is 0. The number of carbonyl (C=O) groups is 2. The normalized spacial score (nSPS) is 11.1. The molecule has 178 valence electrons. The fourth-order valence-electron chi connectivity index (χ4n) is 2.86. The van der Waals surface area contributed by atoms with Gasteiger partial charge in [-0.3, -0.25) is 9.59 Å². The lowest BCUT2D eigenvalue weighted by atomic mass is 10.2. The summed E-state index contributed by atoms with van der Waals surface area (Å²) < 4.78 is 0. The van der Waals surface area contributed by atoms with Gasteiger partial charge in [0.15, 0.2) is 0 Å². The van der Waals surface area contributed by atoms with Crippen molar-refractivity contribution in [2.75, 3.05) is 16.4 Å². The molecule has 35 heavy (non-hydrogen) atoms. The molecular formula is C26H22Cl2N4O2S. The van der Waals surface area contributed by atoms with Crippen LogP contribution in [0, 0.1) is 18.3 Å². The van der Waals surface area contributed by atoms with Crippen molar-refractivity contribution in [2.45, 2.75) is 13.5 Å². The van der Waals surface area contributed by atoms with Gasteiger partial charge >= 0.3 is 0 Å². The van der Waals surface area contributed by atoms with E-state index in [2.05, 4.69) is 16.0 Å². The monoisotopic (exact) mass is 524 g/mol. The zero-order valence-corrected chi connectivity index (χ0v) is 21.1. The van der Waals surface area contributed by atoms with Crippen LogP contribution in [0.3, 0.4) is 0 Å². The first-order valence-corrected chi connectivity index (χ1v) is 12.3. The van der Waals surface area contributed by atoms with Gasteiger partial charge in [-0.1, -0.05) is 64.8 Å². The van der Waals surface area contributed by atoms with E-state index in [-0.39, 0.29) is 22.3 Å². The quantitative estimate of drug-likeness (QED) is 0.231. The summed E-state index contributed by atoms with van der Waals surface area (Å²) in [5, 5.41) is 19.8. The minimum absolute atomic E-state index is 0.00118. The minimum atomic E-state index is -0.599. The number of halogens is 2. The molecule has 2 amide bonds. The van der Waals surface area contributed by atoms with Gasteiger partial charge in [-0.25, -0.2) is 0 Å². The molecular weight excluding hydrogens is 503 g/mol. The molecule has 3 N–H and O–H groups in total. The second-order valence-corrected chi connectivity index (χ2v) is 9.32. The van der Waals surface area contributed by atoms with Crippen LogP contribution < -0.4 is 16.0 Å². The minimum Gasteiger partial charge on any atom is -0.351 e. The number of nitriles is 1. The van der Waals surface area contributed by atoms with Crippen LogP contribution in [0.15, 0.2) is 83.4 Å². The molecule has 0 saturated heterocycles. The first-order chi connectivity index (χ1) is 16.8. The number of carbonyl (C=O) groups excluding carboxylic acids is 2. The molecule has 0 atom stereocenters. The van der Waals surface area contributed by atoms with E-state index >= 15 is 0 Å². The lowest BCUT2D eigenvalue weighted by molar-refractivity contribution is -0.118. The summed E-state index contributed by atoms with van der Waals surface area (Å²) >= 11 is 12.9. The lowest BCUT2D eigenvalue weighted by Gasteiger charge is -2.14. The first-order valence-electron chi connectivity index (χ1n) is 10.5. The Balaban J connectivity index is 1.75. The zero-order valence-electron chi connectivity index (χ0n) is 18.8. The third-order valence-corrected chi connectivity index (χ3v) is 6.23. The van der Waals surface area contributed by atoms with E-state index in [0.717, 1.165) is 22.9 Å². The maximum Gasteiger partial charge on any atom is 0.269 e. The zero-order chi connectivity index (χ0) is 25.2. The number of hydrogen-bond donors (Lipinski definition) is 3. The second kappa shape index (κ2) is 12.9. The summed E-state index contributed by atoms with van der Waals surface area (Å²) in [5.74, 6) is -0.844.